The van der Waals surface area contributed by atoms with E-state index in [0.717, 1.165) is 0 Å². The van der Waals surface area contributed by atoms with Crippen LogP contribution in [0.1, 0.15) is 12.8 Å². The molecule has 2 aromatic carbocycles. The second-order valence-corrected chi connectivity index (χ2v) is 6.18. The molecule has 2 rings (SSSR count). The number of para-hydroxylation sites is 2. The van der Waals surface area contributed by atoms with E-state index in [9.17, 15) is 29.4 Å². The predicted octanol–water partition coefficient (Wildman–Crippen LogP) is 1.54. The molecule has 0 aliphatic carbocycles. The number of benzene rings is 2. The zero-order valence-corrected chi connectivity index (χ0v) is 15.4. The zero-order chi connectivity index (χ0) is 21.2. The van der Waals surface area contributed by atoms with Crippen LogP contribution in [0.3, 0.4) is 0 Å². The summed E-state index contributed by atoms with van der Waals surface area (Å²) in [5.74, 6) is -4.01. The molecule has 5 N–H and O–H groups in total. The lowest BCUT2D eigenvalue weighted by molar-refractivity contribution is -0.144. The van der Waals surface area contributed by atoms with E-state index in [4.69, 9.17) is 0 Å². The number of hydrogen-bond donors (Lipinski definition) is 5. The van der Waals surface area contributed by atoms with Crippen molar-refractivity contribution in [3.05, 3.63) is 60.7 Å². The number of hydrogen-bond acceptors (Lipinski definition) is 5. The number of aliphatic carboxylic acids is 2. The summed E-state index contributed by atoms with van der Waals surface area (Å²) in [6.07, 6.45) is -1.01. The van der Waals surface area contributed by atoms with Crippen LogP contribution in [0.5, 0.6) is 0 Å². The third-order valence-corrected chi connectivity index (χ3v) is 3.89. The Labute approximate surface area is 166 Å². The Bertz CT molecular complexity index is 786. The van der Waals surface area contributed by atoms with Gasteiger partial charge >= 0.3 is 11.9 Å². The molecule has 0 heterocycles. The van der Waals surface area contributed by atoms with Gasteiger partial charge in [-0.3, -0.25) is 24.5 Å². The lowest BCUT2D eigenvalue weighted by Gasteiger charge is -2.20. The maximum Gasteiger partial charge on any atom is 0.321 e. The van der Waals surface area contributed by atoms with E-state index in [1.165, 1.54) is 0 Å². The van der Waals surface area contributed by atoms with Crippen LogP contribution in [0.4, 0.5) is 11.4 Å². The summed E-state index contributed by atoms with van der Waals surface area (Å²) in [7, 11) is 0. The van der Waals surface area contributed by atoms with Crippen molar-refractivity contribution in [3.63, 3.8) is 0 Å². The maximum atomic E-state index is 12.1. The summed E-state index contributed by atoms with van der Waals surface area (Å²) in [5, 5.41) is 26.1. The molecule has 2 atom stereocenters. The van der Waals surface area contributed by atoms with E-state index in [1.807, 2.05) is 0 Å². The Morgan fingerprint density at radius 3 is 1.31 bits per heavy atom. The third kappa shape index (κ3) is 7.43. The zero-order valence-electron chi connectivity index (χ0n) is 15.4. The minimum absolute atomic E-state index is 0.485. The quantitative estimate of drug-likeness (QED) is 0.407. The molecule has 0 saturated heterocycles. The van der Waals surface area contributed by atoms with Crippen LogP contribution in [0.25, 0.3) is 0 Å². The largest absolute Gasteiger partial charge is 0.480 e. The van der Waals surface area contributed by atoms with E-state index < -0.39 is 48.7 Å². The highest BCUT2D eigenvalue weighted by molar-refractivity contribution is 5.95. The molecule has 152 valence electrons. The van der Waals surface area contributed by atoms with E-state index >= 15 is 0 Å². The fraction of sp³-hybridized carbons (Fsp3) is 0.200. The first-order valence-electron chi connectivity index (χ1n) is 8.76. The molecule has 0 aromatic heterocycles. The predicted molar refractivity (Wildman–Crippen MR) is 105 cm³/mol. The van der Waals surface area contributed by atoms with Crippen LogP contribution in [0.2, 0.25) is 0 Å². The van der Waals surface area contributed by atoms with Gasteiger partial charge in [-0.25, -0.2) is 0 Å². The summed E-state index contributed by atoms with van der Waals surface area (Å²) in [6, 6.07) is 13.9. The van der Waals surface area contributed by atoms with Gasteiger partial charge in [0.2, 0.25) is 11.8 Å². The molecule has 2 amide bonds. The summed E-state index contributed by atoms with van der Waals surface area (Å²) < 4.78 is 0. The SMILES string of the molecule is O=C(C[C@@H](N[C@H](CC(=O)Nc1ccccc1)C(=O)O)C(=O)O)Nc1ccccc1. The van der Waals surface area contributed by atoms with Crippen molar-refractivity contribution in [2.45, 2.75) is 24.9 Å². The van der Waals surface area contributed by atoms with Gasteiger partial charge in [0.25, 0.3) is 0 Å². The number of amides is 2. The Morgan fingerprint density at radius 1 is 0.655 bits per heavy atom. The number of carbonyl (C=O) groups excluding carboxylic acids is 2. The third-order valence-electron chi connectivity index (χ3n) is 3.89. The Kier molecular flexibility index (Phi) is 7.87. The number of rotatable bonds is 10. The molecule has 0 spiro atoms. The van der Waals surface area contributed by atoms with E-state index in [2.05, 4.69) is 16.0 Å². The van der Waals surface area contributed by atoms with Crippen molar-refractivity contribution in [1.82, 2.24) is 5.32 Å². The van der Waals surface area contributed by atoms with Crippen molar-refractivity contribution in [1.29, 1.82) is 0 Å². The first-order valence-corrected chi connectivity index (χ1v) is 8.76. The Morgan fingerprint density at radius 2 is 1.00 bits per heavy atom. The van der Waals surface area contributed by atoms with Gasteiger partial charge in [-0.05, 0) is 24.3 Å². The monoisotopic (exact) mass is 399 g/mol. The number of anilines is 2. The molecule has 2 aromatic rings. The topological polar surface area (TPSA) is 145 Å². The smallest absolute Gasteiger partial charge is 0.321 e. The van der Waals surface area contributed by atoms with Crippen molar-refractivity contribution >= 4 is 35.1 Å². The van der Waals surface area contributed by atoms with Crippen molar-refractivity contribution in [2.24, 2.45) is 0 Å². The van der Waals surface area contributed by atoms with Crippen molar-refractivity contribution in [2.75, 3.05) is 10.6 Å². The lowest BCUT2D eigenvalue weighted by atomic mass is 10.1. The van der Waals surface area contributed by atoms with Crippen LogP contribution in [-0.4, -0.2) is 46.0 Å². The van der Waals surface area contributed by atoms with Crippen molar-refractivity contribution < 1.29 is 29.4 Å². The molecule has 0 aliphatic rings. The summed E-state index contributed by atoms with van der Waals surface area (Å²) >= 11 is 0. The molecule has 0 bridgehead atoms. The van der Waals surface area contributed by atoms with Gasteiger partial charge in [-0.1, -0.05) is 36.4 Å². The number of carboxylic acids is 2. The van der Waals surface area contributed by atoms with Crippen LogP contribution < -0.4 is 16.0 Å². The molecule has 0 radical (unpaired) electrons. The van der Waals surface area contributed by atoms with Gasteiger partial charge in [0.15, 0.2) is 0 Å². The molecular formula is C20H21N3O6. The molecule has 29 heavy (non-hydrogen) atoms. The average Bonchev–Trinajstić information content (AvgIpc) is 2.68. The summed E-state index contributed by atoms with van der Waals surface area (Å²) in [6.45, 7) is 0. The van der Waals surface area contributed by atoms with E-state index in [-0.39, 0.29) is 0 Å². The minimum Gasteiger partial charge on any atom is -0.480 e. The average molecular weight is 399 g/mol. The van der Waals surface area contributed by atoms with Gasteiger partial charge in [0.1, 0.15) is 12.1 Å². The first-order chi connectivity index (χ1) is 13.8. The van der Waals surface area contributed by atoms with Gasteiger partial charge in [-0.15, -0.1) is 0 Å². The Balaban J connectivity index is 1.97. The normalized spacial score (nSPS) is 12.4. The van der Waals surface area contributed by atoms with Crippen LogP contribution >= 0.6 is 0 Å². The van der Waals surface area contributed by atoms with Crippen LogP contribution in [-0.2, 0) is 19.2 Å². The number of carbonyl (C=O) groups is 4. The molecule has 0 aliphatic heterocycles. The summed E-state index contributed by atoms with van der Waals surface area (Å²) in [5.41, 5.74) is 0.970. The number of nitrogens with one attached hydrogen (secondary N) is 3. The van der Waals surface area contributed by atoms with Gasteiger partial charge < -0.3 is 20.8 Å². The van der Waals surface area contributed by atoms with E-state index in [0.29, 0.717) is 11.4 Å². The molecule has 0 unspecified atom stereocenters. The summed E-state index contributed by atoms with van der Waals surface area (Å²) in [4.78, 5) is 47.2. The molecule has 0 saturated carbocycles. The fourth-order valence-electron chi connectivity index (χ4n) is 2.52. The Hall–Kier alpha value is -3.72. The van der Waals surface area contributed by atoms with Crippen molar-refractivity contribution in [3.8, 4) is 0 Å². The lowest BCUT2D eigenvalue weighted by Crippen LogP contribution is -2.49. The van der Waals surface area contributed by atoms with Crippen LogP contribution in [0.15, 0.2) is 60.7 Å². The molecule has 9 heteroatoms. The van der Waals surface area contributed by atoms with E-state index in [1.54, 1.807) is 60.7 Å². The van der Waals surface area contributed by atoms with Gasteiger partial charge in [0, 0.05) is 11.4 Å². The number of carboxylic acid groups (broad SMARTS) is 2. The standard InChI is InChI=1S/C20H21N3O6/c24-17(21-13-7-3-1-4-8-13)11-15(19(26)27)23-16(20(28)29)12-18(25)22-14-9-5-2-6-10-14/h1-10,15-16,23H,11-12H2,(H,21,24)(H,22,25)(H,26,27)(H,28,29)/t15-,16-/m1/s1. The molecule has 9 nitrogen and oxygen atoms in total. The second kappa shape index (κ2) is 10.6. The first kappa shape index (κ1) is 21.6. The minimum atomic E-state index is -1.48. The van der Waals surface area contributed by atoms with Crippen LogP contribution in [0, 0.1) is 0 Å². The van der Waals surface area contributed by atoms with Gasteiger partial charge in [-0.2, -0.15) is 0 Å². The highest BCUT2D eigenvalue weighted by Gasteiger charge is 2.29. The highest BCUT2D eigenvalue weighted by Crippen LogP contribution is 2.09. The van der Waals surface area contributed by atoms with Gasteiger partial charge in [0.05, 0.1) is 12.8 Å². The second-order valence-electron chi connectivity index (χ2n) is 6.18. The molecular weight excluding hydrogens is 378 g/mol. The maximum absolute atomic E-state index is 12.1. The molecule has 0 fully saturated rings. The fourth-order valence-corrected chi connectivity index (χ4v) is 2.52. The highest BCUT2D eigenvalue weighted by atomic mass is 16.4.